The monoisotopic (exact) mass is 282 g/mol. The van der Waals surface area contributed by atoms with Crippen molar-refractivity contribution in [3.05, 3.63) is 32.6 Å². The third kappa shape index (κ3) is 1.44. The fraction of sp³-hybridized carbons (Fsp3) is 0.667. The minimum absolute atomic E-state index is 0.236. The van der Waals surface area contributed by atoms with Gasteiger partial charge in [-0.05, 0) is 13.8 Å². The highest BCUT2D eigenvalue weighted by Gasteiger charge is 2.61. The molecule has 3 aliphatic rings. The first-order valence-corrected chi connectivity index (χ1v) is 6.42. The second kappa shape index (κ2) is 3.59. The van der Waals surface area contributed by atoms with Crippen LogP contribution in [-0.4, -0.2) is 38.8 Å². The first kappa shape index (κ1) is 12.3. The zero-order valence-electron chi connectivity index (χ0n) is 10.9. The van der Waals surface area contributed by atoms with Crippen LogP contribution < -0.4 is 11.2 Å². The molecule has 8 nitrogen and oxygen atoms in total. The Morgan fingerprint density at radius 2 is 1.95 bits per heavy atom. The summed E-state index contributed by atoms with van der Waals surface area (Å²) in [5, 5.41) is 10.3. The molecule has 5 atom stereocenters. The highest BCUT2D eigenvalue weighted by molar-refractivity contribution is 5.17. The molecular formula is C12H14N2O6. The summed E-state index contributed by atoms with van der Waals surface area (Å²) in [5.41, 5.74) is -0.933. The van der Waals surface area contributed by atoms with E-state index in [1.54, 1.807) is 13.8 Å². The third-order valence-electron chi connectivity index (χ3n) is 3.94. The molecule has 0 spiro atoms. The first-order chi connectivity index (χ1) is 9.37. The minimum atomic E-state index is -1.10. The summed E-state index contributed by atoms with van der Waals surface area (Å²) in [4.78, 5) is 25.6. The predicted octanol–water partition coefficient (Wildman–Crippen LogP) is -0.999. The molecule has 2 bridgehead atoms. The summed E-state index contributed by atoms with van der Waals surface area (Å²) in [6, 6.07) is 1.21. The van der Waals surface area contributed by atoms with Crippen LogP contribution in [0.1, 0.15) is 31.9 Å². The van der Waals surface area contributed by atoms with Crippen LogP contribution in [0.5, 0.6) is 0 Å². The molecule has 0 radical (unpaired) electrons. The van der Waals surface area contributed by atoms with E-state index in [0.29, 0.717) is 0 Å². The van der Waals surface area contributed by atoms with Gasteiger partial charge in [-0.1, -0.05) is 0 Å². The molecule has 3 aliphatic heterocycles. The minimum Gasteiger partial charge on any atom is -0.384 e. The number of aliphatic hydroxyl groups is 1. The number of aromatic amines is 1. The first-order valence-electron chi connectivity index (χ1n) is 6.42. The summed E-state index contributed by atoms with van der Waals surface area (Å²) in [6.45, 7) is 3.54. The average molecular weight is 282 g/mol. The molecule has 4 heterocycles. The van der Waals surface area contributed by atoms with Gasteiger partial charge in [-0.2, -0.15) is 0 Å². The van der Waals surface area contributed by atoms with Crippen LogP contribution in [0.4, 0.5) is 0 Å². The standard InChI is InChI=1S/C12H14N2O6/c1-12(2)19-8-7-6(16)4-3-5(15)13-11(17)14(4)10(18-7)9(8)20-12/h3,6-10,16H,1-2H3,(H,13,15,17)/t6-,7+,8?,9?,10+/m0/s1. The van der Waals surface area contributed by atoms with E-state index in [0.717, 1.165) is 0 Å². The van der Waals surface area contributed by atoms with E-state index in [4.69, 9.17) is 14.2 Å². The zero-order chi connectivity index (χ0) is 14.2. The largest absolute Gasteiger partial charge is 0.384 e. The number of rotatable bonds is 0. The van der Waals surface area contributed by atoms with E-state index in [9.17, 15) is 14.7 Å². The van der Waals surface area contributed by atoms with Gasteiger partial charge in [-0.15, -0.1) is 0 Å². The summed E-state index contributed by atoms with van der Waals surface area (Å²) in [5.74, 6) is -0.793. The maximum atomic E-state index is 12.0. The highest BCUT2D eigenvalue weighted by atomic mass is 16.8. The number of aromatic nitrogens is 2. The van der Waals surface area contributed by atoms with Crippen molar-refractivity contribution in [1.29, 1.82) is 0 Å². The molecule has 2 fully saturated rings. The van der Waals surface area contributed by atoms with E-state index < -0.39 is 47.7 Å². The quantitative estimate of drug-likeness (QED) is 0.633. The number of hydrogen-bond donors (Lipinski definition) is 2. The summed E-state index contributed by atoms with van der Waals surface area (Å²) < 4.78 is 18.4. The van der Waals surface area contributed by atoms with E-state index in [2.05, 4.69) is 4.98 Å². The highest BCUT2D eigenvalue weighted by Crippen LogP contribution is 2.49. The number of fused-ring (bicyclic) bond motifs is 7. The van der Waals surface area contributed by atoms with Gasteiger partial charge in [0, 0.05) is 6.07 Å². The molecule has 1 aromatic rings. The molecule has 2 N–H and O–H groups in total. The molecule has 0 aromatic carbocycles. The molecule has 2 saturated heterocycles. The van der Waals surface area contributed by atoms with E-state index in [1.807, 2.05) is 0 Å². The Morgan fingerprint density at radius 1 is 1.25 bits per heavy atom. The molecule has 2 unspecified atom stereocenters. The maximum absolute atomic E-state index is 12.0. The fourth-order valence-corrected chi connectivity index (χ4v) is 3.25. The number of ether oxygens (including phenoxy) is 3. The van der Waals surface area contributed by atoms with Crippen molar-refractivity contribution in [3.8, 4) is 0 Å². The van der Waals surface area contributed by atoms with Crippen molar-refractivity contribution < 1.29 is 19.3 Å². The van der Waals surface area contributed by atoms with Gasteiger partial charge in [-0.25, -0.2) is 4.79 Å². The molecule has 1 aromatic heterocycles. The summed E-state index contributed by atoms with van der Waals surface area (Å²) in [6.07, 6.45) is -3.41. The van der Waals surface area contributed by atoms with Gasteiger partial charge in [0.15, 0.2) is 12.0 Å². The average Bonchev–Trinajstić information content (AvgIpc) is 2.79. The van der Waals surface area contributed by atoms with Crippen LogP contribution in [0.15, 0.2) is 15.7 Å². The van der Waals surface area contributed by atoms with Crippen molar-refractivity contribution in [2.75, 3.05) is 0 Å². The van der Waals surface area contributed by atoms with Crippen LogP contribution in [-0.2, 0) is 14.2 Å². The molecule has 4 rings (SSSR count). The van der Waals surface area contributed by atoms with E-state index >= 15 is 0 Å². The van der Waals surface area contributed by atoms with Gasteiger partial charge in [0.2, 0.25) is 0 Å². The van der Waals surface area contributed by atoms with Crippen LogP contribution in [0, 0.1) is 0 Å². The number of nitrogens with one attached hydrogen (secondary N) is 1. The summed E-state index contributed by atoms with van der Waals surface area (Å²) in [7, 11) is 0. The molecule has 0 saturated carbocycles. The molecule has 108 valence electrons. The second-order valence-electron chi connectivity index (χ2n) is 5.73. The molecule has 8 heteroatoms. The van der Waals surface area contributed by atoms with Crippen molar-refractivity contribution >= 4 is 0 Å². The normalized spacial score (nSPS) is 40.5. The van der Waals surface area contributed by atoms with Gasteiger partial charge in [0.05, 0.1) is 5.69 Å². The maximum Gasteiger partial charge on any atom is 0.330 e. The Labute approximate surface area is 112 Å². The molecule has 0 amide bonds. The van der Waals surface area contributed by atoms with Crippen molar-refractivity contribution in [1.82, 2.24) is 9.55 Å². The second-order valence-corrected chi connectivity index (χ2v) is 5.73. The Kier molecular flexibility index (Phi) is 2.20. The Bertz CT molecular complexity index is 692. The van der Waals surface area contributed by atoms with Crippen molar-refractivity contribution in [3.63, 3.8) is 0 Å². The Hall–Kier alpha value is -1.48. The number of hydrogen-bond acceptors (Lipinski definition) is 6. The molecule has 20 heavy (non-hydrogen) atoms. The van der Waals surface area contributed by atoms with E-state index in [1.165, 1.54) is 10.6 Å². The topological polar surface area (TPSA) is 103 Å². The fourth-order valence-electron chi connectivity index (χ4n) is 3.25. The van der Waals surface area contributed by atoms with Gasteiger partial charge in [0.1, 0.15) is 24.4 Å². The third-order valence-corrected chi connectivity index (χ3v) is 3.94. The van der Waals surface area contributed by atoms with Crippen LogP contribution >= 0.6 is 0 Å². The van der Waals surface area contributed by atoms with Crippen LogP contribution in [0.25, 0.3) is 0 Å². The SMILES string of the molecule is CC1(C)OC2C(O1)[C@@H]1O[C@H]2n2c(cc(=O)[nH]c2=O)[C@@H]1O. The lowest BCUT2D eigenvalue weighted by Crippen LogP contribution is -2.43. The van der Waals surface area contributed by atoms with Crippen LogP contribution in [0.2, 0.25) is 0 Å². The van der Waals surface area contributed by atoms with Gasteiger partial charge < -0.3 is 19.3 Å². The van der Waals surface area contributed by atoms with E-state index in [-0.39, 0.29) is 5.69 Å². The lowest BCUT2D eigenvalue weighted by atomic mass is 10.1. The smallest absolute Gasteiger partial charge is 0.330 e. The molecular weight excluding hydrogens is 268 g/mol. The van der Waals surface area contributed by atoms with Gasteiger partial charge in [0.25, 0.3) is 5.56 Å². The number of nitrogens with zero attached hydrogens (tertiary/aromatic N) is 1. The van der Waals surface area contributed by atoms with Crippen molar-refractivity contribution in [2.24, 2.45) is 0 Å². The predicted molar refractivity (Wildman–Crippen MR) is 64.0 cm³/mol. The summed E-state index contributed by atoms with van der Waals surface area (Å²) >= 11 is 0. The molecule has 0 aliphatic carbocycles. The van der Waals surface area contributed by atoms with Crippen LogP contribution in [0.3, 0.4) is 0 Å². The zero-order valence-corrected chi connectivity index (χ0v) is 10.9. The number of aliphatic hydroxyl groups excluding tert-OH is 1. The Morgan fingerprint density at radius 3 is 2.70 bits per heavy atom. The Balaban J connectivity index is 1.90. The lowest BCUT2D eigenvalue weighted by Gasteiger charge is -2.32. The van der Waals surface area contributed by atoms with Gasteiger partial charge in [-0.3, -0.25) is 14.3 Å². The van der Waals surface area contributed by atoms with Crippen molar-refractivity contribution in [2.45, 2.75) is 50.3 Å². The lowest BCUT2D eigenvalue weighted by molar-refractivity contribution is -0.218. The van der Waals surface area contributed by atoms with Gasteiger partial charge >= 0.3 is 5.69 Å². The number of H-pyrrole nitrogens is 1.